The second kappa shape index (κ2) is 4.43. The van der Waals surface area contributed by atoms with Gasteiger partial charge in [0.2, 0.25) is 0 Å². The van der Waals surface area contributed by atoms with Crippen LogP contribution in [-0.4, -0.2) is 24.3 Å². The maximum Gasteiger partial charge on any atom is 0.0474 e. The molecule has 2 N–H and O–H groups in total. The predicted octanol–water partition coefficient (Wildman–Crippen LogP) is 1.54. The summed E-state index contributed by atoms with van der Waals surface area (Å²) in [6.07, 6.45) is 8.20. The Hall–Kier alpha value is -0.0800. The van der Waals surface area contributed by atoms with Gasteiger partial charge in [-0.3, -0.25) is 0 Å². The Bertz CT molecular complexity index is 154. The largest absolute Gasteiger partial charge is 0.396 e. The summed E-state index contributed by atoms with van der Waals surface area (Å²) in [6.45, 7) is 1.49. The van der Waals surface area contributed by atoms with Gasteiger partial charge in [0.15, 0.2) is 0 Å². The average molecular weight is 183 g/mol. The van der Waals surface area contributed by atoms with Crippen LogP contribution in [0.3, 0.4) is 0 Å². The third kappa shape index (κ3) is 2.23. The number of rotatable bonds is 3. The first-order chi connectivity index (χ1) is 6.40. The molecule has 2 atom stereocenters. The molecule has 0 bridgehead atoms. The average Bonchev–Trinajstić information content (AvgIpc) is 2.76. The van der Waals surface area contributed by atoms with Crippen LogP contribution in [0.15, 0.2) is 0 Å². The van der Waals surface area contributed by atoms with Gasteiger partial charge in [-0.05, 0) is 31.2 Å². The monoisotopic (exact) mass is 183 g/mol. The molecule has 0 radical (unpaired) electrons. The van der Waals surface area contributed by atoms with Crippen molar-refractivity contribution in [2.75, 3.05) is 13.2 Å². The molecular formula is C11H21NO. The van der Waals surface area contributed by atoms with Crippen LogP contribution in [-0.2, 0) is 0 Å². The minimum absolute atomic E-state index is 0.379. The molecule has 0 aromatic heterocycles. The Morgan fingerprint density at radius 2 is 1.92 bits per heavy atom. The number of hydrogen-bond donors (Lipinski definition) is 2. The Labute approximate surface area is 80.7 Å². The van der Waals surface area contributed by atoms with Crippen LogP contribution < -0.4 is 5.32 Å². The lowest BCUT2D eigenvalue weighted by molar-refractivity contribution is 0.202. The van der Waals surface area contributed by atoms with Crippen molar-refractivity contribution in [3.05, 3.63) is 0 Å². The van der Waals surface area contributed by atoms with Gasteiger partial charge < -0.3 is 10.4 Å². The van der Waals surface area contributed by atoms with E-state index in [0.29, 0.717) is 18.6 Å². The SMILES string of the molecule is OCC1CCNC1CC1CCCC1. The minimum atomic E-state index is 0.379. The van der Waals surface area contributed by atoms with Gasteiger partial charge in [-0.15, -0.1) is 0 Å². The van der Waals surface area contributed by atoms with E-state index < -0.39 is 0 Å². The zero-order chi connectivity index (χ0) is 9.10. The van der Waals surface area contributed by atoms with Crippen molar-refractivity contribution in [1.29, 1.82) is 0 Å². The molecule has 0 amide bonds. The fourth-order valence-electron chi connectivity index (χ4n) is 2.92. The molecule has 2 unspecified atom stereocenters. The standard InChI is InChI=1S/C11H21NO/c13-8-10-5-6-12-11(10)7-9-3-1-2-4-9/h9-13H,1-8H2. The molecule has 1 saturated carbocycles. The van der Waals surface area contributed by atoms with Gasteiger partial charge in [0.1, 0.15) is 0 Å². The van der Waals surface area contributed by atoms with Crippen LogP contribution in [0, 0.1) is 11.8 Å². The third-order valence-corrected chi connectivity index (χ3v) is 3.79. The molecule has 1 aliphatic heterocycles. The lowest BCUT2D eigenvalue weighted by Gasteiger charge is -2.20. The first-order valence-corrected chi connectivity index (χ1v) is 5.74. The molecule has 13 heavy (non-hydrogen) atoms. The van der Waals surface area contributed by atoms with Crippen LogP contribution in [0.5, 0.6) is 0 Å². The Morgan fingerprint density at radius 1 is 1.15 bits per heavy atom. The molecule has 1 aliphatic carbocycles. The van der Waals surface area contributed by atoms with E-state index in [-0.39, 0.29) is 0 Å². The molecule has 2 rings (SSSR count). The highest BCUT2D eigenvalue weighted by atomic mass is 16.3. The normalized spacial score (nSPS) is 35.8. The van der Waals surface area contributed by atoms with Crippen LogP contribution >= 0.6 is 0 Å². The van der Waals surface area contributed by atoms with Gasteiger partial charge in [-0.2, -0.15) is 0 Å². The van der Waals surface area contributed by atoms with Crippen LogP contribution in [0.2, 0.25) is 0 Å². The molecular weight excluding hydrogens is 162 g/mol. The molecule has 2 heteroatoms. The summed E-state index contributed by atoms with van der Waals surface area (Å²) in [5.74, 6) is 1.49. The second-order valence-electron chi connectivity index (χ2n) is 4.68. The van der Waals surface area contributed by atoms with Gasteiger partial charge in [0.25, 0.3) is 0 Å². The Kier molecular flexibility index (Phi) is 3.23. The highest BCUT2D eigenvalue weighted by Gasteiger charge is 2.29. The summed E-state index contributed by atoms with van der Waals surface area (Å²) in [6, 6.07) is 0.619. The van der Waals surface area contributed by atoms with E-state index >= 15 is 0 Å². The van der Waals surface area contributed by atoms with Crippen molar-refractivity contribution >= 4 is 0 Å². The van der Waals surface area contributed by atoms with Crippen molar-refractivity contribution in [3.8, 4) is 0 Å². The topological polar surface area (TPSA) is 32.3 Å². The number of nitrogens with one attached hydrogen (secondary N) is 1. The van der Waals surface area contributed by atoms with Crippen molar-refractivity contribution in [2.24, 2.45) is 11.8 Å². The summed E-state index contributed by atoms with van der Waals surface area (Å²) in [4.78, 5) is 0. The smallest absolute Gasteiger partial charge is 0.0474 e. The molecule has 2 fully saturated rings. The summed E-state index contributed by atoms with van der Waals surface area (Å²) in [7, 11) is 0. The van der Waals surface area contributed by atoms with Crippen molar-refractivity contribution < 1.29 is 5.11 Å². The molecule has 76 valence electrons. The van der Waals surface area contributed by atoms with Crippen molar-refractivity contribution in [2.45, 2.75) is 44.6 Å². The van der Waals surface area contributed by atoms with E-state index in [9.17, 15) is 5.11 Å². The lowest BCUT2D eigenvalue weighted by Crippen LogP contribution is -2.30. The molecule has 2 aliphatic rings. The van der Waals surface area contributed by atoms with E-state index in [1.54, 1.807) is 0 Å². The van der Waals surface area contributed by atoms with E-state index in [1.807, 2.05) is 0 Å². The third-order valence-electron chi connectivity index (χ3n) is 3.79. The first-order valence-electron chi connectivity index (χ1n) is 5.74. The molecule has 2 nitrogen and oxygen atoms in total. The van der Waals surface area contributed by atoms with Gasteiger partial charge >= 0.3 is 0 Å². The molecule has 1 heterocycles. The number of aliphatic hydroxyl groups excluding tert-OH is 1. The molecule has 0 aromatic carbocycles. The van der Waals surface area contributed by atoms with Crippen LogP contribution in [0.1, 0.15) is 38.5 Å². The fourth-order valence-corrected chi connectivity index (χ4v) is 2.92. The second-order valence-corrected chi connectivity index (χ2v) is 4.68. The van der Waals surface area contributed by atoms with E-state index in [2.05, 4.69) is 5.32 Å². The zero-order valence-corrected chi connectivity index (χ0v) is 8.34. The Balaban J connectivity index is 1.79. The quantitative estimate of drug-likeness (QED) is 0.695. The lowest BCUT2D eigenvalue weighted by atomic mass is 9.91. The fraction of sp³-hybridized carbons (Fsp3) is 1.00. The van der Waals surface area contributed by atoms with Gasteiger partial charge in [-0.25, -0.2) is 0 Å². The van der Waals surface area contributed by atoms with E-state index in [1.165, 1.54) is 38.5 Å². The maximum absolute atomic E-state index is 9.17. The predicted molar refractivity (Wildman–Crippen MR) is 53.6 cm³/mol. The van der Waals surface area contributed by atoms with Gasteiger partial charge in [-0.1, -0.05) is 25.7 Å². The van der Waals surface area contributed by atoms with E-state index in [0.717, 1.165) is 12.5 Å². The molecule has 1 saturated heterocycles. The first kappa shape index (κ1) is 9.47. The zero-order valence-electron chi connectivity index (χ0n) is 8.34. The molecule has 0 aromatic rings. The number of aliphatic hydroxyl groups is 1. The van der Waals surface area contributed by atoms with Gasteiger partial charge in [0, 0.05) is 12.6 Å². The summed E-state index contributed by atoms with van der Waals surface area (Å²) >= 11 is 0. The summed E-state index contributed by atoms with van der Waals surface area (Å²) in [5, 5.41) is 12.7. The van der Waals surface area contributed by atoms with E-state index in [4.69, 9.17) is 0 Å². The maximum atomic E-state index is 9.17. The highest BCUT2D eigenvalue weighted by Crippen LogP contribution is 2.31. The summed E-state index contributed by atoms with van der Waals surface area (Å²) in [5.41, 5.74) is 0. The Morgan fingerprint density at radius 3 is 2.62 bits per heavy atom. The van der Waals surface area contributed by atoms with Crippen molar-refractivity contribution in [3.63, 3.8) is 0 Å². The van der Waals surface area contributed by atoms with Crippen LogP contribution in [0.4, 0.5) is 0 Å². The van der Waals surface area contributed by atoms with Gasteiger partial charge in [0.05, 0.1) is 0 Å². The van der Waals surface area contributed by atoms with Crippen LogP contribution in [0.25, 0.3) is 0 Å². The highest BCUT2D eigenvalue weighted by molar-refractivity contribution is 4.86. The minimum Gasteiger partial charge on any atom is -0.396 e. The van der Waals surface area contributed by atoms with Crippen molar-refractivity contribution in [1.82, 2.24) is 5.32 Å². The molecule has 0 spiro atoms. The summed E-state index contributed by atoms with van der Waals surface area (Å²) < 4.78 is 0. The number of hydrogen-bond acceptors (Lipinski definition) is 2.